The number of rotatable bonds is 8. The van der Waals surface area contributed by atoms with Gasteiger partial charge in [-0.15, -0.1) is 0 Å². The molecule has 0 radical (unpaired) electrons. The van der Waals surface area contributed by atoms with Crippen molar-refractivity contribution in [1.29, 1.82) is 0 Å². The van der Waals surface area contributed by atoms with Gasteiger partial charge in [0.15, 0.2) is 0 Å². The number of aromatic nitrogens is 2. The van der Waals surface area contributed by atoms with Crippen LogP contribution < -0.4 is 21.3 Å². The molecule has 156 valence electrons. The quantitative estimate of drug-likeness (QED) is 0.457. The first-order valence-corrected chi connectivity index (χ1v) is 9.93. The summed E-state index contributed by atoms with van der Waals surface area (Å²) in [7, 11) is 3.99. The SMILES string of the molecule is CN(C)c1ccc(CNc2ncc([N+](=O)[O-])c(NCC3CCC(N)CC3)n2)cc1. The standard InChI is InChI=1S/C20H29N7O2/c1-26(2)17-9-5-15(6-10-17)12-23-20-24-13-18(27(28)29)19(25-20)22-11-14-3-7-16(21)8-4-14/h5-6,9-10,13-14,16H,3-4,7-8,11-12,21H2,1-2H3,(H2,22,23,24,25). The second-order valence-electron chi connectivity index (χ2n) is 7.76. The molecular weight excluding hydrogens is 370 g/mol. The Morgan fingerprint density at radius 1 is 1.17 bits per heavy atom. The molecule has 0 saturated heterocycles. The maximum Gasteiger partial charge on any atom is 0.329 e. The minimum absolute atomic E-state index is 0.113. The molecule has 0 bridgehead atoms. The number of nitrogens with zero attached hydrogens (tertiary/aromatic N) is 4. The normalized spacial score (nSPS) is 18.9. The van der Waals surface area contributed by atoms with E-state index in [0.29, 0.717) is 25.0 Å². The Kier molecular flexibility index (Phi) is 6.82. The average molecular weight is 399 g/mol. The van der Waals surface area contributed by atoms with Crippen molar-refractivity contribution in [2.75, 3.05) is 36.2 Å². The van der Waals surface area contributed by atoms with E-state index in [4.69, 9.17) is 5.73 Å². The predicted molar refractivity (Wildman–Crippen MR) is 115 cm³/mol. The highest BCUT2D eigenvalue weighted by atomic mass is 16.6. The largest absolute Gasteiger partial charge is 0.378 e. The van der Waals surface area contributed by atoms with Crippen molar-refractivity contribution in [3.8, 4) is 0 Å². The molecule has 0 unspecified atom stereocenters. The molecular formula is C20H29N7O2. The van der Waals surface area contributed by atoms with E-state index in [-0.39, 0.29) is 17.5 Å². The summed E-state index contributed by atoms with van der Waals surface area (Å²) in [5.74, 6) is 1.07. The van der Waals surface area contributed by atoms with Crippen LogP contribution in [0.4, 0.5) is 23.1 Å². The molecule has 9 nitrogen and oxygen atoms in total. The van der Waals surface area contributed by atoms with E-state index in [1.807, 2.05) is 43.3 Å². The van der Waals surface area contributed by atoms with Crippen molar-refractivity contribution in [2.45, 2.75) is 38.3 Å². The first-order valence-electron chi connectivity index (χ1n) is 9.93. The summed E-state index contributed by atoms with van der Waals surface area (Å²) in [6.07, 6.45) is 5.31. The van der Waals surface area contributed by atoms with E-state index in [0.717, 1.165) is 36.9 Å². The fourth-order valence-corrected chi connectivity index (χ4v) is 3.45. The zero-order valence-corrected chi connectivity index (χ0v) is 17.0. The maximum atomic E-state index is 11.3. The van der Waals surface area contributed by atoms with Gasteiger partial charge in [-0.25, -0.2) is 4.98 Å². The summed E-state index contributed by atoms with van der Waals surface area (Å²) in [6, 6.07) is 8.41. The van der Waals surface area contributed by atoms with Gasteiger partial charge in [-0.05, 0) is 49.3 Å². The van der Waals surface area contributed by atoms with Gasteiger partial charge in [0.2, 0.25) is 11.8 Å². The van der Waals surface area contributed by atoms with Crippen LogP contribution in [-0.2, 0) is 6.54 Å². The van der Waals surface area contributed by atoms with Crippen LogP contribution in [0.2, 0.25) is 0 Å². The number of nitro groups is 1. The average Bonchev–Trinajstić information content (AvgIpc) is 2.72. The van der Waals surface area contributed by atoms with Crippen molar-refractivity contribution < 1.29 is 4.92 Å². The first kappa shape index (κ1) is 20.8. The highest BCUT2D eigenvalue weighted by molar-refractivity contribution is 5.57. The van der Waals surface area contributed by atoms with Crippen LogP contribution in [0.1, 0.15) is 31.2 Å². The smallest absolute Gasteiger partial charge is 0.329 e. The van der Waals surface area contributed by atoms with E-state index in [1.54, 1.807) is 0 Å². The minimum atomic E-state index is -0.455. The van der Waals surface area contributed by atoms with Gasteiger partial charge in [0.1, 0.15) is 6.20 Å². The van der Waals surface area contributed by atoms with Gasteiger partial charge in [0, 0.05) is 38.9 Å². The zero-order chi connectivity index (χ0) is 20.8. The van der Waals surface area contributed by atoms with Gasteiger partial charge in [-0.1, -0.05) is 12.1 Å². The van der Waals surface area contributed by atoms with Crippen LogP contribution in [0, 0.1) is 16.0 Å². The molecule has 0 aliphatic heterocycles. The summed E-state index contributed by atoms with van der Waals surface area (Å²) in [5, 5.41) is 17.6. The topological polar surface area (TPSA) is 122 Å². The Hall–Kier alpha value is -2.94. The summed E-state index contributed by atoms with van der Waals surface area (Å²) in [4.78, 5) is 21.4. The van der Waals surface area contributed by atoms with Crippen LogP contribution in [0.5, 0.6) is 0 Å². The predicted octanol–water partition coefficient (Wildman–Crippen LogP) is 2.99. The lowest BCUT2D eigenvalue weighted by atomic mass is 9.86. The van der Waals surface area contributed by atoms with Crippen molar-refractivity contribution in [2.24, 2.45) is 11.7 Å². The third-order valence-electron chi connectivity index (χ3n) is 5.32. The summed E-state index contributed by atoms with van der Waals surface area (Å²) < 4.78 is 0. The van der Waals surface area contributed by atoms with E-state index in [2.05, 4.69) is 20.6 Å². The molecule has 29 heavy (non-hydrogen) atoms. The molecule has 1 saturated carbocycles. The molecule has 1 aromatic heterocycles. The molecule has 0 atom stereocenters. The second-order valence-corrected chi connectivity index (χ2v) is 7.76. The van der Waals surface area contributed by atoms with Crippen LogP contribution in [0.15, 0.2) is 30.5 Å². The number of nitrogens with two attached hydrogens (primary N) is 1. The second kappa shape index (κ2) is 9.51. The Morgan fingerprint density at radius 3 is 2.48 bits per heavy atom. The van der Waals surface area contributed by atoms with Gasteiger partial charge in [0.05, 0.1) is 4.92 Å². The van der Waals surface area contributed by atoms with Gasteiger partial charge in [0.25, 0.3) is 0 Å². The Labute approximate surface area is 170 Å². The van der Waals surface area contributed by atoms with Crippen LogP contribution in [0.3, 0.4) is 0 Å². The van der Waals surface area contributed by atoms with Crippen molar-refractivity contribution >= 4 is 23.1 Å². The highest BCUT2D eigenvalue weighted by Crippen LogP contribution is 2.26. The number of benzene rings is 1. The van der Waals surface area contributed by atoms with E-state index < -0.39 is 4.92 Å². The maximum absolute atomic E-state index is 11.3. The molecule has 9 heteroatoms. The van der Waals surface area contributed by atoms with Crippen molar-refractivity contribution in [3.63, 3.8) is 0 Å². The van der Waals surface area contributed by atoms with Crippen LogP contribution in [0.25, 0.3) is 0 Å². The number of hydrogen-bond acceptors (Lipinski definition) is 8. The van der Waals surface area contributed by atoms with Crippen molar-refractivity contribution in [3.05, 3.63) is 46.1 Å². The molecule has 1 fully saturated rings. The Balaban J connectivity index is 1.63. The zero-order valence-electron chi connectivity index (χ0n) is 17.0. The van der Waals surface area contributed by atoms with E-state index in [1.165, 1.54) is 6.20 Å². The molecule has 2 aromatic rings. The highest BCUT2D eigenvalue weighted by Gasteiger charge is 2.21. The molecule has 1 heterocycles. The van der Waals surface area contributed by atoms with E-state index in [9.17, 15) is 10.1 Å². The van der Waals surface area contributed by atoms with Gasteiger partial charge < -0.3 is 21.3 Å². The monoisotopic (exact) mass is 399 g/mol. The molecule has 1 aliphatic rings. The number of nitrogens with one attached hydrogen (secondary N) is 2. The summed E-state index contributed by atoms with van der Waals surface area (Å²) in [6.45, 7) is 1.18. The lowest BCUT2D eigenvalue weighted by Crippen LogP contribution is -2.29. The lowest BCUT2D eigenvalue weighted by Gasteiger charge is -2.26. The molecule has 0 amide bonds. The summed E-state index contributed by atoms with van der Waals surface area (Å²) >= 11 is 0. The molecule has 1 aliphatic carbocycles. The minimum Gasteiger partial charge on any atom is -0.378 e. The van der Waals surface area contributed by atoms with E-state index >= 15 is 0 Å². The molecule has 4 N–H and O–H groups in total. The lowest BCUT2D eigenvalue weighted by molar-refractivity contribution is -0.384. The fraction of sp³-hybridized carbons (Fsp3) is 0.500. The summed E-state index contributed by atoms with van der Waals surface area (Å²) in [5.41, 5.74) is 8.03. The van der Waals surface area contributed by atoms with Crippen LogP contribution >= 0.6 is 0 Å². The van der Waals surface area contributed by atoms with Crippen LogP contribution in [-0.4, -0.2) is 41.6 Å². The molecule has 0 spiro atoms. The third kappa shape index (κ3) is 5.77. The van der Waals surface area contributed by atoms with Gasteiger partial charge in [-0.3, -0.25) is 10.1 Å². The number of hydrogen-bond donors (Lipinski definition) is 3. The first-order chi connectivity index (χ1) is 13.9. The molecule has 3 rings (SSSR count). The molecule has 1 aromatic carbocycles. The van der Waals surface area contributed by atoms with Gasteiger partial charge >= 0.3 is 5.69 Å². The number of anilines is 3. The van der Waals surface area contributed by atoms with Gasteiger partial charge in [-0.2, -0.15) is 4.98 Å². The Morgan fingerprint density at radius 2 is 1.86 bits per heavy atom. The van der Waals surface area contributed by atoms with Crippen molar-refractivity contribution in [1.82, 2.24) is 9.97 Å². The Bertz CT molecular complexity index is 818. The fourth-order valence-electron chi connectivity index (χ4n) is 3.45. The third-order valence-corrected chi connectivity index (χ3v) is 5.32.